The molecule has 0 saturated carbocycles. The van der Waals surface area contributed by atoms with E-state index in [0.29, 0.717) is 18.8 Å². The van der Waals surface area contributed by atoms with Gasteiger partial charge < -0.3 is 9.47 Å². The van der Waals surface area contributed by atoms with Gasteiger partial charge in [0.2, 0.25) is 10.0 Å². The summed E-state index contributed by atoms with van der Waals surface area (Å²) in [6.45, 7) is 7.04. The average Bonchev–Trinajstić information content (AvgIpc) is 2.95. The number of nitrogens with zero attached hydrogens (tertiary/aromatic N) is 1. The van der Waals surface area contributed by atoms with Crippen LogP contribution in [0.25, 0.3) is 0 Å². The Morgan fingerprint density at radius 3 is 2.41 bits per heavy atom. The van der Waals surface area contributed by atoms with Crippen LogP contribution in [-0.2, 0) is 20.2 Å². The SMILES string of the molecule is COc1ccc(C(C)(C)C)cc1S(=O)(=O)N1CCC(OC)C1. The van der Waals surface area contributed by atoms with Crippen LogP contribution in [0.4, 0.5) is 0 Å². The number of ether oxygens (including phenoxy) is 2. The van der Waals surface area contributed by atoms with Crippen LogP contribution in [0.3, 0.4) is 0 Å². The Morgan fingerprint density at radius 1 is 1.23 bits per heavy atom. The molecule has 0 radical (unpaired) electrons. The molecule has 1 fully saturated rings. The first-order chi connectivity index (χ1) is 10.2. The van der Waals surface area contributed by atoms with Crippen LogP contribution >= 0.6 is 0 Å². The van der Waals surface area contributed by atoms with Crippen molar-refractivity contribution >= 4 is 10.0 Å². The van der Waals surface area contributed by atoms with Crippen molar-refractivity contribution in [3.63, 3.8) is 0 Å². The summed E-state index contributed by atoms with van der Waals surface area (Å²) in [5.74, 6) is 0.383. The van der Waals surface area contributed by atoms with Crippen molar-refractivity contribution in [1.29, 1.82) is 0 Å². The number of hydrogen-bond donors (Lipinski definition) is 0. The molecule has 1 aliphatic heterocycles. The zero-order valence-corrected chi connectivity index (χ0v) is 14.7. The summed E-state index contributed by atoms with van der Waals surface area (Å²) >= 11 is 0. The molecule has 6 heteroatoms. The summed E-state index contributed by atoms with van der Waals surface area (Å²) in [4.78, 5) is 0.235. The van der Waals surface area contributed by atoms with Crippen molar-refractivity contribution in [2.75, 3.05) is 27.3 Å². The van der Waals surface area contributed by atoms with Crippen LogP contribution in [0, 0.1) is 0 Å². The van der Waals surface area contributed by atoms with E-state index in [4.69, 9.17) is 9.47 Å². The molecule has 1 aliphatic rings. The Hall–Kier alpha value is -1.11. The largest absolute Gasteiger partial charge is 0.495 e. The van der Waals surface area contributed by atoms with E-state index in [2.05, 4.69) is 20.8 Å². The molecule has 0 aliphatic carbocycles. The second kappa shape index (κ2) is 6.18. The van der Waals surface area contributed by atoms with E-state index in [1.165, 1.54) is 11.4 Å². The normalized spacial score (nSPS) is 20.3. The summed E-state index contributed by atoms with van der Waals surface area (Å²) in [5, 5.41) is 0. The van der Waals surface area contributed by atoms with Crippen LogP contribution < -0.4 is 4.74 Å². The van der Waals surface area contributed by atoms with E-state index in [1.807, 2.05) is 6.07 Å². The molecule has 0 aromatic heterocycles. The third-order valence-corrected chi connectivity index (χ3v) is 5.97. The highest BCUT2D eigenvalue weighted by Gasteiger charge is 2.35. The Kier molecular flexibility index (Phi) is 4.84. The molecule has 1 aromatic carbocycles. The summed E-state index contributed by atoms with van der Waals surface area (Å²) in [5.41, 5.74) is 0.839. The zero-order chi connectivity index (χ0) is 16.5. The van der Waals surface area contributed by atoms with Gasteiger partial charge in [-0.05, 0) is 29.5 Å². The fourth-order valence-electron chi connectivity index (χ4n) is 2.59. The lowest BCUT2D eigenvalue weighted by Crippen LogP contribution is -2.30. The number of sulfonamides is 1. The van der Waals surface area contributed by atoms with Gasteiger partial charge in [-0.25, -0.2) is 8.42 Å². The molecule has 0 N–H and O–H groups in total. The molecule has 2 rings (SSSR count). The van der Waals surface area contributed by atoms with Gasteiger partial charge in [-0.2, -0.15) is 4.31 Å². The van der Waals surface area contributed by atoms with E-state index < -0.39 is 10.0 Å². The summed E-state index contributed by atoms with van der Waals surface area (Å²) in [7, 11) is -0.473. The summed E-state index contributed by atoms with van der Waals surface area (Å²) < 4.78 is 37.9. The molecule has 1 atom stereocenters. The maximum atomic E-state index is 12.9. The highest BCUT2D eigenvalue weighted by atomic mass is 32.2. The molecule has 0 spiro atoms. The molecular formula is C16H25NO4S. The van der Waals surface area contributed by atoms with Gasteiger partial charge in [0.05, 0.1) is 13.2 Å². The number of benzene rings is 1. The topological polar surface area (TPSA) is 55.8 Å². The van der Waals surface area contributed by atoms with Gasteiger partial charge in [0.15, 0.2) is 0 Å². The molecule has 5 nitrogen and oxygen atoms in total. The Morgan fingerprint density at radius 2 is 1.91 bits per heavy atom. The van der Waals surface area contributed by atoms with E-state index in [-0.39, 0.29) is 16.4 Å². The molecule has 1 saturated heterocycles. The first kappa shape index (κ1) is 17.2. The summed E-state index contributed by atoms with van der Waals surface area (Å²) in [6, 6.07) is 5.38. The van der Waals surface area contributed by atoms with Crippen LogP contribution in [0.15, 0.2) is 23.1 Å². The Balaban J connectivity index is 2.45. The first-order valence-corrected chi connectivity index (χ1v) is 8.85. The third-order valence-electron chi connectivity index (χ3n) is 4.09. The number of rotatable bonds is 4. The van der Waals surface area contributed by atoms with E-state index >= 15 is 0 Å². The highest BCUT2D eigenvalue weighted by molar-refractivity contribution is 7.89. The lowest BCUT2D eigenvalue weighted by atomic mass is 9.87. The third kappa shape index (κ3) is 3.29. The predicted molar refractivity (Wildman–Crippen MR) is 85.9 cm³/mol. The first-order valence-electron chi connectivity index (χ1n) is 7.41. The Bertz CT molecular complexity index is 634. The molecule has 0 bridgehead atoms. The van der Waals surface area contributed by atoms with Gasteiger partial charge in [0, 0.05) is 20.2 Å². The van der Waals surface area contributed by atoms with Crippen molar-refractivity contribution in [3.8, 4) is 5.75 Å². The minimum absolute atomic E-state index is 0.0356. The fraction of sp³-hybridized carbons (Fsp3) is 0.625. The molecule has 124 valence electrons. The van der Waals surface area contributed by atoms with E-state index in [9.17, 15) is 8.42 Å². The second-order valence-electron chi connectivity index (χ2n) is 6.63. The van der Waals surface area contributed by atoms with Crippen molar-refractivity contribution in [2.45, 2.75) is 43.6 Å². The van der Waals surface area contributed by atoms with Gasteiger partial charge in [-0.15, -0.1) is 0 Å². The smallest absolute Gasteiger partial charge is 0.246 e. The van der Waals surface area contributed by atoms with Crippen molar-refractivity contribution < 1.29 is 17.9 Å². The minimum atomic E-state index is -3.58. The lowest BCUT2D eigenvalue weighted by molar-refractivity contribution is 0.115. The van der Waals surface area contributed by atoms with Gasteiger partial charge >= 0.3 is 0 Å². The number of hydrogen-bond acceptors (Lipinski definition) is 4. The average molecular weight is 327 g/mol. The molecular weight excluding hydrogens is 302 g/mol. The van der Waals surface area contributed by atoms with Gasteiger partial charge in [0.25, 0.3) is 0 Å². The van der Waals surface area contributed by atoms with Crippen molar-refractivity contribution in [2.24, 2.45) is 0 Å². The molecule has 22 heavy (non-hydrogen) atoms. The fourth-order valence-corrected chi connectivity index (χ4v) is 4.26. The predicted octanol–water partition coefficient (Wildman–Crippen LogP) is 2.40. The highest BCUT2D eigenvalue weighted by Crippen LogP contribution is 2.33. The molecule has 0 amide bonds. The van der Waals surface area contributed by atoms with Crippen molar-refractivity contribution in [1.82, 2.24) is 4.31 Å². The maximum Gasteiger partial charge on any atom is 0.246 e. The van der Waals surface area contributed by atoms with Gasteiger partial charge in [-0.3, -0.25) is 0 Å². The molecule has 1 aromatic rings. The zero-order valence-electron chi connectivity index (χ0n) is 13.9. The number of methoxy groups -OCH3 is 2. The van der Waals surface area contributed by atoms with E-state index in [1.54, 1.807) is 19.2 Å². The van der Waals surface area contributed by atoms with Crippen LogP contribution in [0.5, 0.6) is 5.75 Å². The maximum absolute atomic E-state index is 12.9. The van der Waals surface area contributed by atoms with Crippen LogP contribution in [-0.4, -0.2) is 46.1 Å². The lowest BCUT2D eigenvalue weighted by Gasteiger charge is -2.23. The molecule has 1 heterocycles. The minimum Gasteiger partial charge on any atom is -0.495 e. The quantitative estimate of drug-likeness (QED) is 0.852. The van der Waals surface area contributed by atoms with Crippen LogP contribution in [0.2, 0.25) is 0 Å². The van der Waals surface area contributed by atoms with Crippen molar-refractivity contribution in [3.05, 3.63) is 23.8 Å². The van der Waals surface area contributed by atoms with Crippen LogP contribution in [0.1, 0.15) is 32.8 Å². The second-order valence-corrected chi connectivity index (χ2v) is 8.53. The van der Waals surface area contributed by atoms with E-state index in [0.717, 1.165) is 12.0 Å². The standard InChI is InChI=1S/C16H25NO4S/c1-16(2,3)12-6-7-14(21-5)15(10-12)22(18,19)17-9-8-13(11-17)20-4/h6-7,10,13H,8-9,11H2,1-5H3. The monoisotopic (exact) mass is 327 g/mol. The Labute approximate surface area is 133 Å². The summed E-state index contributed by atoms with van der Waals surface area (Å²) in [6.07, 6.45) is 0.684. The van der Waals surface area contributed by atoms with Gasteiger partial charge in [0.1, 0.15) is 10.6 Å². The molecule has 1 unspecified atom stereocenters. The van der Waals surface area contributed by atoms with Gasteiger partial charge in [-0.1, -0.05) is 26.8 Å².